The zero-order valence-electron chi connectivity index (χ0n) is 11.6. The molecule has 0 fully saturated rings. The third kappa shape index (κ3) is 4.91. The van der Waals surface area contributed by atoms with Crippen LogP contribution < -0.4 is 5.32 Å². The number of benzene rings is 1. The maximum absolute atomic E-state index is 3.57. The Balaban J connectivity index is 2.64. The molecule has 1 unspecified atom stereocenters. The van der Waals surface area contributed by atoms with E-state index in [1.54, 1.807) is 0 Å². The van der Waals surface area contributed by atoms with Crippen LogP contribution in [0.2, 0.25) is 0 Å². The summed E-state index contributed by atoms with van der Waals surface area (Å²) in [4.78, 5) is 0. The molecule has 17 heavy (non-hydrogen) atoms. The van der Waals surface area contributed by atoms with Gasteiger partial charge in [-0.15, -0.1) is 0 Å². The van der Waals surface area contributed by atoms with Crippen LogP contribution in [0.4, 0.5) is 0 Å². The third-order valence-electron chi connectivity index (χ3n) is 3.35. The second-order valence-electron chi connectivity index (χ2n) is 4.90. The van der Waals surface area contributed by atoms with E-state index in [9.17, 15) is 0 Å². The summed E-state index contributed by atoms with van der Waals surface area (Å²) >= 11 is 0. The van der Waals surface area contributed by atoms with Gasteiger partial charge in [-0.2, -0.15) is 0 Å². The molecule has 1 aromatic rings. The minimum absolute atomic E-state index is 0.683. The van der Waals surface area contributed by atoms with Crippen LogP contribution >= 0.6 is 0 Å². The molecule has 0 heterocycles. The van der Waals surface area contributed by atoms with Crippen LogP contribution in [0.3, 0.4) is 0 Å². The van der Waals surface area contributed by atoms with Crippen molar-refractivity contribution in [2.75, 3.05) is 13.1 Å². The van der Waals surface area contributed by atoms with Gasteiger partial charge >= 0.3 is 0 Å². The largest absolute Gasteiger partial charge is 0.316 e. The molecule has 1 nitrogen and oxygen atoms in total. The van der Waals surface area contributed by atoms with Crippen molar-refractivity contribution in [3.05, 3.63) is 35.4 Å². The van der Waals surface area contributed by atoms with Crippen molar-refractivity contribution in [3.8, 4) is 0 Å². The lowest BCUT2D eigenvalue weighted by atomic mass is 9.90. The van der Waals surface area contributed by atoms with E-state index in [-0.39, 0.29) is 0 Å². The van der Waals surface area contributed by atoms with Gasteiger partial charge in [-0.3, -0.25) is 0 Å². The van der Waals surface area contributed by atoms with E-state index in [0.29, 0.717) is 5.92 Å². The van der Waals surface area contributed by atoms with Crippen molar-refractivity contribution in [1.82, 2.24) is 5.32 Å². The van der Waals surface area contributed by atoms with Crippen molar-refractivity contribution >= 4 is 0 Å². The van der Waals surface area contributed by atoms with Crippen molar-refractivity contribution < 1.29 is 0 Å². The Morgan fingerprint density at radius 3 is 2.53 bits per heavy atom. The second kappa shape index (κ2) is 8.30. The molecule has 0 aliphatic carbocycles. The monoisotopic (exact) mass is 233 g/mol. The SMILES string of the molecule is CCCCC(CNCCC)c1ccccc1C. The van der Waals surface area contributed by atoms with Crippen LogP contribution in [-0.4, -0.2) is 13.1 Å². The van der Waals surface area contributed by atoms with Gasteiger partial charge in [-0.25, -0.2) is 0 Å². The zero-order valence-corrected chi connectivity index (χ0v) is 11.6. The van der Waals surface area contributed by atoms with E-state index in [2.05, 4.69) is 50.4 Å². The first-order valence-corrected chi connectivity index (χ1v) is 7.05. The maximum Gasteiger partial charge on any atom is 0.00202 e. The Morgan fingerprint density at radius 1 is 1.12 bits per heavy atom. The molecule has 0 spiro atoms. The quantitative estimate of drug-likeness (QED) is 0.661. The summed E-state index contributed by atoms with van der Waals surface area (Å²) in [5.74, 6) is 0.683. The van der Waals surface area contributed by atoms with Crippen LogP contribution in [-0.2, 0) is 0 Å². The summed E-state index contributed by atoms with van der Waals surface area (Å²) < 4.78 is 0. The van der Waals surface area contributed by atoms with Gasteiger partial charge < -0.3 is 5.32 Å². The molecule has 0 bridgehead atoms. The number of hydrogen-bond donors (Lipinski definition) is 1. The van der Waals surface area contributed by atoms with Crippen LogP contribution in [0.25, 0.3) is 0 Å². The standard InChI is InChI=1S/C16H27N/c1-4-6-10-15(13-17-12-5-2)16-11-8-7-9-14(16)3/h7-9,11,15,17H,4-6,10,12-13H2,1-3H3. The molecule has 0 aromatic heterocycles. The van der Waals surface area contributed by atoms with E-state index in [0.717, 1.165) is 13.1 Å². The number of unbranched alkanes of at least 4 members (excludes halogenated alkanes) is 1. The first-order valence-electron chi connectivity index (χ1n) is 7.05. The highest BCUT2D eigenvalue weighted by Gasteiger charge is 2.12. The summed E-state index contributed by atoms with van der Waals surface area (Å²) in [6.45, 7) is 8.98. The van der Waals surface area contributed by atoms with Crippen molar-refractivity contribution in [2.24, 2.45) is 0 Å². The number of hydrogen-bond acceptors (Lipinski definition) is 1. The third-order valence-corrected chi connectivity index (χ3v) is 3.35. The number of nitrogens with one attached hydrogen (secondary N) is 1. The average molecular weight is 233 g/mol. The van der Waals surface area contributed by atoms with Crippen molar-refractivity contribution in [2.45, 2.75) is 52.4 Å². The fourth-order valence-corrected chi connectivity index (χ4v) is 2.32. The van der Waals surface area contributed by atoms with Crippen molar-refractivity contribution in [1.29, 1.82) is 0 Å². The first kappa shape index (κ1) is 14.2. The van der Waals surface area contributed by atoms with E-state index in [4.69, 9.17) is 0 Å². The minimum Gasteiger partial charge on any atom is -0.316 e. The van der Waals surface area contributed by atoms with Gasteiger partial charge in [-0.1, -0.05) is 51.0 Å². The summed E-state index contributed by atoms with van der Waals surface area (Å²) in [5, 5.41) is 3.57. The topological polar surface area (TPSA) is 12.0 Å². The molecule has 1 heteroatoms. The predicted molar refractivity (Wildman–Crippen MR) is 76.6 cm³/mol. The summed E-state index contributed by atoms with van der Waals surface area (Å²) in [6, 6.07) is 8.83. The lowest BCUT2D eigenvalue weighted by molar-refractivity contribution is 0.527. The second-order valence-corrected chi connectivity index (χ2v) is 4.90. The normalized spacial score (nSPS) is 12.6. The molecule has 0 radical (unpaired) electrons. The zero-order chi connectivity index (χ0) is 12.5. The number of rotatable bonds is 8. The predicted octanol–water partition coefficient (Wildman–Crippen LogP) is 4.27. The average Bonchev–Trinajstić information content (AvgIpc) is 2.35. The van der Waals surface area contributed by atoms with Crippen LogP contribution in [0.5, 0.6) is 0 Å². The summed E-state index contributed by atoms with van der Waals surface area (Å²) in [6.07, 6.45) is 5.13. The van der Waals surface area contributed by atoms with Crippen LogP contribution in [0, 0.1) is 6.92 Å². The Kier molecular flexibility index (Phi) is 6.95. The van der Waals surface area contributed by atoms with Crippen molar-refractivity contribution in [3.63, 3.8) is 0 Å². The molecule has 0 amide bonds. The molecule has 96 valence electrons. The molecular weight excluding hydrogens is 206 g/mol. The highest BCUT2D eigenvalue weighted by molar-refractivity contribution is 5.29. The Hall–Kier alpha value is -0.820. The smallest absolute Gasteiger partial charge is 0.00202 e. The first-order chi connectivity index (χ1) is 8.29. The molecule has 0 aliphatic rings. The minimum atomic E-state index is 0.683. The highest BCUT2D eigenvalue weighted by Crippen LogP contribution is 2.24. The summed E-state index contributed by atoms with van der Waals surface area (Å²) in [7, 11) is 0. The Morgan fingerprint density at radius 2 is 1.88 bits per heavy atom. The van der Waals surface area contributed by atoms with Gasteiger partial charge in [0, 0.05) is 6.54 Å². The summed E-state index contributed by atoms with van der Waals surface area (Å²) in [5.41, 5.74) is 2.97. The molecular formula is C16H27N. The molecule has 1 N–H and O–H groups in total. The molecule has 0 saturated carbocycles. The Labute approximate surface area is 107 Å². The van der Waals surface area contributed by atoms with E-state index in [1.807, 2.05) is 0 Å². The molecule has 1 atom stereocenters. The van der Waals surface area contributed by atoms with Gasteiger partial charge in [0.25, 0.3) is 0 Å². The van der Waals surface area contributed by atoms with Gasteiger partial charge in [0.2, 0.25) is 0 Å². The lowest BCUT2D eigenvalue weighted by Crippen LogP contribution is -2.22. The van der Waals surface area contributed by atoms with Crippen LogP contribution in [0.1, 0.15) is 56.6 Å². The fraction of sp³-hybridized carbons (Fsp3) is 0.625. The van der Waals surface area contributed by atoms with Crippen LogP contribution in [0.15, 0.2) is 24.3 Å². The maximum atomic E-state index is 3.57. The van der Waals surface area contributed by atoms with Gasteiger partial charge in [-0.05, 0) is 43.4 Å². The van der Waals surface area contributed by atoms with E-state index >= 15 is 0 Å². The van der Waals surface area contributed by atoms with E-state index in [1.165, 1.54) is 36.8 Å². The Bertz CT molecular complexity index is 306. The lowest BCUT2D eigenvalue weighted by Gasteiger charge is -2.20. The van der Waals surface area contributed by atoms with Gasteiger partial charge in [0.1, 0.15) is 0 Å². The number of aryl methyl sites for hydroxylation is 1. The van der Waals surface area contributed by atoms with Gasteiger partial charge in [0.15, 0.2) is 0 Å². The molecule has 1 aromatic carbocycles. The molecule has 0 aliphatic heterocycles. The molecule has 1 rings (SSSR count). The van der Waals surface area contributed by atoms with Gasteiger partial charge in [0.05, 0.1) is 0 Å². The van der Waals surface area contributed by atoms with E-state index < -0.39 is 0 Å². The molecule has 0 saturated heterocycles. The fourth-order valence-electron chi connectivity index (χ4n) is 2.32. The highest BCUT2D eigenvalue weighted by atomic mass is 14.8.